The van der Waals surface area contributed by atoms with E-state index in [0.29, 0.717) is 6.54 Å². The average molecular weight is 215 g/mol. The largest absolute Gasteiger partial charge is 0.545 e. The third-order valence-corrected chi connectivity index (χ3v) is 2.44. The molecule has 0 atom stereocenters. The molecule has 0 saturated carbocycles. The lowest BCUT2D eigenvalue weighted by molar-refractivity contribution is -0.255. The van der Waals surface area contributed by atoms with Gasteiger partial charge in [0.2, 0.25) is 0 Å². The maximum absolute atomic E-state index is 10.7. The van der Waals surface area contributed by atoms with Gasteiger partial charge >= 0.3 is 0 Å². The fourth-order valence-corrected chi connectivity index (χ4v) is 1.56. The zero-order valence-electron chi connectivity index (χ0n) is 8.88. The number of hydrogen-bond donors (Lipinski definition) is 0. The molecule has 0 N–H and O–H groups in total. The van der Waals surface area contributed by atoms with Crippen molar-refractivity contribution in [3.8, 4) is 0 Å². The zero-order chi connectivity index (χ0) is 11.5. The fraction of sp³-hybridized carbons (Fsp3) is 0.167. The van der Waals surface area contributed by atoms with Crippen molar-refractivity contribution in [2.24, 2.45) is 0 Å². The van der Waals surface area contributed by atoms with Gasteiger partial charge in [0.25, 0.3) is 0 Å². The number of imidazole rings is 1. The normalized spacial score (nSPS) is 10.3. The van der Waals surface area contributed by atoms with Gasteiger partial charge in [-0.15, -0.1) is 0 Å². The molecular weight excluding hydrogens is 204 g/mol. The van der Waals surface area contributed by atoms with Gasteiger partial charge in [0, 0.05) is 18.9 Å². The van der Waals surface area contributed by atoms with Gasteiger partial charge in [-0.2, -0.15) is 0 Å². The number of benzene rings is 1. The molecular formula is C12H11N2O2-. The molecule has 0 unspecified atom stereocenters. The summed E-state index contributed by atoms with van der Waals surface area (Å²) in [6.45, 7) is 2.52. The Bertz CT molecular complexity index is 517. The minimum Gasteiger partial charge on any atom is -0.545 e. The van der Waals surface area contributed by atoms with Gasteiger partial charge < -0.3 is 14.5 Å². The van der Waals surface area contributed by atoms with E-state index in [1.54, 1.807) is 18.3 Å². The second-order valence-electron chi connectivity index (χ2n) is 3.59. The lowest BCUT2D eigenvalue weighted by Gasteiger charge is -2.08. The summed E-state index contributed by atoms with van der Waals surface area (Å²) in [6.07, 6.45) is 3.58. The minimum absolute atomic E-state index is 0.204. The van der Waals surface area contributed by atoms with Crippen LogP contribution in [0.5, 0.6) is 0 Å². The Balaban J connectivity index is 2.25. The molecule has 0 aliphatic carbocycles. The molecule has 0 fully saturated rings. The molecule has 2 aromatic rings. The Morgan fingerprint density at radius 3 is 2.94 bits per heavy atom. The molecule has 0 spiro atoms. The van der Waals surface area contributed by atoms with E-state index < -0.39 is 5.97 Å². The number of aryl methyl sites for hydroxylation is 1. The van der Waals surface area contributed by atoms with Gasteiger partial charge in [0.05, 0.1) is 5.97 Å². The Morgan fingerprint density at radius 1 is 1.50 bits per heavy atom. The van der Waals surface area contributed by atoms with Gasteiger partial charge in [0.15, 0.2) is 0 Å². The van der Waals surface area contributed by atoms with Crippen molar-refractivity contribution in [3.05, 3.63) is 53.6 Å². The maximum Gasteiger partial charge on any atom is 0.105 e. The smallest absolute Gasteiger partial charge is 0.105 e. The summed E-state index contributed by atoms with van der Waals surface area (Å²) in [7, 11) is 0. The lowest BCUT2D eigenvalue weighted by Crippen LogP contribution is -2.22. The first-order chi connectivity index (χ1) is 7.66. The molecule has 16 heavy (non-hydrogen) atoms. The molecule has 0 aliphatic heterocycles. The van der Waals surface area contributed by atoms with Crippen molar-refractivity contribution in [2.45, 2.75) is 13.5 Å². The van der Waals surface area contributed by atoms with E-state index in [-0.39, 0.29) is 5.56 Å². The van der Waals surface area contributed by atoms with E-state index in [4.69, 9.17) is 0 Å². The molecule has 0 amide bonds. The zero-order valence-corrected chi connectivity index (χ0v) is 8.88. The number of rotatable bonds is 3. The standard InChI is InChI=1S/C12H12N2O2/c1-9-13-5-6-14(9)8-10-3-2-4-11(7-10)12(15)16/h2-7H,8H2,1H3,(H,15,16)/p-1. The van der Waals surface area contributed by atoms with Crippen LogP contribution < -0.4 is 5.11 Å². The van der Waals surface area contributed by atoms with Crippen LogP contribution in [0.1, 0.15) is 21.7 Å². The monoisotopic (exact) mass is 215 g/mol. The molecule has 0 bridgehead atoms. The second-order valence-corrected chi connectivity index (χ2v) is 3.59. The predicted octanol–water partition coefficient (Wildman–Crippen LogP) is 0.603. The number of carbonyl (C=O) groups excluding carboxylic acids is 1. The summed E-state index contributed by atoms with van der Waals surface area (Å²) in [5.41, 5.74) is 1.12. The van der Waals surface area contributed by atoms with Crippen LogP contribution in [0, 0.1) is 6.92 Å². The first-order valence-corrected chi connectivity index (χ1v) is 4.95. The Kier molecular flexibility index (Phi) is 2.72. The van der Waals surface area contributed by atoms with Crippen LogP contribution in [0.4, 0.5) is 0 Å². The highest BCUT2D eigenvalue weighted by Crippen LogP contribution is 2.08. The van der Waals surface area contributed by atoms with Crippen LogP contribution in [-0.4, -0.2) is 15.5 Å². The molecule has 1 heterocycles. The maximum atomic E-state index is 10.7. The number of carboxylic acids is 1. The van der Waals surface area contributed by atoms with E-state index in [2.05, 4.69) is 4.98 Å². The number of carbonyl (C=O) groups is 1. The highest BCUT2D eigenvalue weighted by molar-refractivity contribution is 5.85. The van der Waals surface area contributed by atoms with E-state index in [1.165, 1.54) is 6.07 Å². The SMILES string of the molecule is Cc1nccn1Cc1cccc(C(=O)[O-])c1. The summed E-state index contributed by atoms with van der Waals surface area (Å²) in [4.78, 5) is 14.8. The molecule has 2 rings (SSSR count). The average Bonchev–Trinajstić information content (AvgIpc) is 2.65. The van der Waals surface area contributed by atoms with Gasteiger partial charge in [-0.3, -0.25) is 0 Å². The molecule has 4 nitrogen and oxygen atoms in total. The number of nitrogens with zero attached hydrogens (tertiary/aromatic N) is 2. The van der Waals surface area contributed by atoms with Crippen LogP contribution in [0.25, 0.3) is 0 Å². The van der Waals surface area contributed by atoms with E-state index in [1.807, 2.05) is 23.8 Å². The van der Waals surface area contributed by atoms with Crippen molar-refractivity contribution in [1.82, 2.24) is 9.55 Å². The quantitative estimate of drug-likeness (QED) is 0.753. The number of aromatic carboxylic acids is 1. The Hall–Kier alpha value is -2.10. The number of hydrogen-bond acceptors (Lipinski definition) is 3. The fourth-order valence-electron chi connectivity index (χ4n) is 1.56. The topological polar surface area (TPSA) is 58.0 Å². The molecule has 4 heteroatoms. The third-order valence-electron chi connectivity index (χ3n) is 2.44. The van der Waals surface area contributed by atoms with Crippen LogP contribution in [0.15, 0.2) is 36.7 Å². The minimum atomic E-state index is -1.15. The summed E-state index contributed by atoms with van der Waals surface area (Å²) >= 11 is 0. The Morgan fingerprint density at radius 2 is 2.31 bits per heavy atom. The molecule has 0 saturated heterocycles. The van der Waals surface area contributed by atoms with E-state index in [9.17, 15) is 9.90 Å². The summed E-state index contributed by atoms with van der Waals surface area (Å²) < 4.78 is 1.95. The molecule has 82 valence electrons. The highest BCUT2D eigenvalue weighted by atomic mass is 16.4. The van der Waals surface area contributed by atoms with Crippen LogP contribution >= 0.6 is 0 Å². The summed E-state index contributed by atoms with van der Waals surface area (Å²) in [5.74, 6) is -0.247. The first kappa shape index (κ1) is 10.4. The van der Waals surface area contributed by atoms with Crippen molar-refractivity contribution < 1.29 is 9.90 Å². The van der Waals surface area contributed by atoms with Crippen molar-refractivity contribution >= 4 is 5.97 Å². The third kappa shape index (κ3) is 2.11. The van der Waals surface area contributed by atoms with Crippen molar-refractivity contribution in [1.29, 1.82) is 0 Å². The van der Waals surface area contributed by atoms with Gasteiger partial charge in [-0.1, -0.05) is 18.2 Å². The molecule has 1 aromatic carbocycles. The van der Waals surface area contributed by atoms with Gasteiger partial charge in [0.1, 0.15) is 5.82 Å². The summed E-state index contributed by atoms with van der Waals surface area (Å²) in [6, 6.07) is 6.74. The van der Waals surface area contributed by atoms with Crippen LogP contribution in [-0.2, 0) is 6.54 Å². The second kappa shape index (κ2) is 4.18. The van der Waals surface area contributed by atoms with Crippen LogP contribution in [0.3, 0.4) is 0 Å². The van der Waals surface area contributed by atoms with Gasteiger partial charge in [-0.05, 0) is 24.1 Å². The van der Waals surface area contributed by atoms with Crippen molar-refractivity contribution in [3.63, 3.8) is 0 Å². The number of aromatic nitrogens is 2. The predicted molar refractivity (Wildman–Crippen MR) is 56.8 cm³/mol. The summed E-state index contributed by atoms with van der Waals surface area (Å²) in [5, 5.41) is 10.7. The molecule has 0 radical (unpaired) electrons. The lowest BCUT2D eigenvalue weighted by atomic mass is 10.1. The molecule has 0 aliphatic rings. The van der Waals surface area contributed by atoms with E-state index >= 15 is 0 Å². The molecule has 1 aromatic heterocycles. The van der Waals surface area contributed by atoms with Gasteiger partial charge in [-0.25, -0.2) is 4.98 Å². The highest BCUT2D eigenvalue weighted by Gasteiger charge is 2.00. The Labute approximate surface area is 93.2 Å². The van der Waals surface area contributed by atoms with Crippen LogP contribution in [0.2, 0.25) is 0 Å². The van der Waals surface area contributed by atoms with E-state index in [0.717, 1.165) is 11.4 Å². The van der Waals surface area contributed by atoms with Crippen molar-refractivity contribution in [2.75, 3.05) is 0 Å². The number of carboxylic acid groups (broad SMARTS) is 1. The first-order valence-electron chi connectivity index (χ1n) is 4.95.